The number of nitrogens with two attached hydrogens (primary N) is 1. The Hall–Kier alpha value is -4.78. The number of aldehydes is 2. The van der Waals surface area contributed by atoms with E-state index in [4.69, 9.17) is 24.9 Å². The number of nitrogens with zero attached hydrogens (tertiary/aromatic N) is 2. The molecule has 0 unspecified atom stereocenters. The van der Waals surface area contributed by atoms with Crippen LogP contribution in [0.4, 0.5) is 0 Å². The lowest BCUT2D eigenvalue weighted by Crippen LogP contribution is -2.37. The number of hydrazine groups is 2. The van der Waals surface area contributed by atoms with Crippen LogP contribution in [-0.4, -0.2) is 115 Å². The second-order valence-electron chi connectivity index (χ2n) is 9.95. The third-order valence-electron chi connectivity index (χ3n) is 6.03. The maximum atomic E-state index is 11.7. The second-order valence-corrected chi connectivity index (χ2v) is 9.95. The van der Waals surface area contributed by atoms with Gasteiger partial charge in [0.15, 0.2) is 0 Å². The highest BCUT2D eigenvalue weighted by atomic mass is 16.5. The van der Waals surface area contributed by atoms with Crippen molar-refractivity contribution in [2.24, 2.45) is 5.84 Å². The Morgan fingerprint density at radius 3 is 1.31 bits per heavy atom. The average Bonchev–Trinajstić information content (AvgIpc) is 3.63. The van der Waals surface area contributed by atoms with Crippen LogP contribution in [0.3, 0.4) is 0 Å². The lowest BCUT2D eigenvalue weighted by molar-refractivity contribution is -0.139. The molecule has 18 nitrogen and oxygen atoms in total. The molecule has 18 heteroatoms. The smallest absolute Gasteiger partial charge is 0.253 e. The van der Waals surface area contributed by atoms with Crippen molar-refractivity contribution >= 4 is 59.6 Å². The van der Waals surface area contributed by atoms with Crippen molar-refractivity contribution in [3.63, 3.8) is 0 Å². The maximum Gasteiger partial charge on any atom is 0.253 e. The van der Waals surface area contributed by atoms with Gasteiger partial charge in [0.1, 0.15) is 24.1 Å². The lowest BCUT2D eigenvalue weighted by atomic mass is 10.1. The summed E-state index contributed by atoms with van der Waals surface area (Å²) in [4.78, 5) is 110. The molecule has 294 valence electrons. The molecule has 0 aromatic rings. The number of Topliss-reactive ketones (excluding diaryl/α,β-unsaturated/α-hetero) is 2. The van der Waals surface area contributed by atoms with Crippen LogP contribution in [0.5, 0.6) is 0 Å². The third-order valence-corrected chi connectivity index (χ3v) is 6.03. The summed E-state index contributed by atoms with van der Waals surface area (Å²) in [7, 11) is 0. The van der Waals surface area contributed by atoms with Gasteiger partial charge in [0, 0.05) is 82.8 Å². The molecule has 0 aromatic heterocycles. The van der Waals surface area contributed by atoms with Gasteiger partial charge in [0.2, 0.25) is 11.8 Å². The largest absolute Gasteiger partial charge is 0.381 e. The number of hydrogen-bond acceptors (Lipinski definition) is 14. The van der Waals surface area contributed by atoms with Crippen LogP contribution < -0.4 is 22.1 Å². The van der Waals surface area contributed by atoms with Gasteiger partial charge in [-0.05, 0) is 26.7 Å². The first-order valence-corrected chi connectivity index (χ1v) is 17.0. The molecule has 0 saturated carbocycles. The zero-order valence-corrected chi connectivity index (χ0v) is 30.9. The van der Waals surface area contributed by atoms with Crippen molar-refractivity contribution in [3.05, 3.63) is 24.3 Å². The van der Waals surface area contributed by atoms with Gasteiger partial charge in [-0.15, -0.1) is 0 Å². The van der Waals surface area contributed by atoms with Crippen LogP contribution in [0, 0.1) is 0 Å². The van der Waals surface area contributed by atoms with Crippen LogP contribution >= 0.6 is 0 Å². The maximum absolute atomic E-state index is 11.7. The highest BCUT2D eigenvalue weighted by Gasteiger charge is 2.24. The van der Waals surface area contributed by atoms with E-state index < -0.39 is 0 Å². The zero-order valence-electron chi connectivity index (χ0n) is 30.9. The summed E-state index contributed by atoms with van der Waals surface area (Å²) in [5, 5.41) is 0. The van der Waals surface area contributed by atoms with Crippen LogP contribution in [0.25, 0.3) is 0 Å². The number of nitrogens with one attached hydrogen (secondary N) is 3. The van der Waals surface area contributed by atoms with Crippen molar-refractivity contribution in [2.45, 2.75) is 86.0 Å². The summed E-state index contributed by atoms with van der Waals surface area (Å²) in [5.74, 6) is 2.89. The number of imide groups is 2. The van der Waals surface area contributed by atoms with Crippen molar-refractivity contribution < 1.29 is 57.4 Å². The first-order valence-electron chi connectivity index (χ1n) is 17.0. The molecule has 0 aromatic carbocycles. The standard InChI is InChI=1S/C15H23N3O5.C13H19N3O5.2C2H4O.C2H6/c1-2-16-17-13(20)8-11-23-10-3-4-12(19)7-9-18-14(21)5-6-15(18)22;14-15-11(18)6-9-21-8-1-2-10(17)5-7-16-12(19)3-4-13(16)20;2*1-2-3;1-2/h5-6,16H,2-4,7-11H2,1H3,(H,17,20);3-4H,1-2,5-9,14H2,(H,15,18);2*2H,1H3;1-2H3. The van der Waals surface area contributed by atoms with Gasteiger partial charge >= 0.3 is 0 Å². The van der Waals surface area contributed by atoms with E-state index in [1.165, 1.54) is 38.2 Å². The van der Waals surface area contributed by atoms with Gasteiger partial charge in [-0.25, -0.2) is 11.3 Å². The van der Waals surface area contributed by atoms with E-state index in [-0.39, 0.29) is 92.4 Å². The number of ketones is 2. The summed E-state index contributed by atoms with van der Waals surface area (Å²) in [5.41, 5.74) is 7.19. The predicted octanol–water partition coefficient (Wildman–Crippen LogP) is 0.182. The third kappa shape index (κ3) is 29.0. The van der Waals surface area contributed by atoms with Crippen molar-refractivity contribution in [1.29, 1.82) is 0 Å². The highest BCUT2D eigenvalue weighted by molar-refractivity contribution is 6.13. The van der Waals surface area contributed by atoms with E-state index in [1.54, 1.807) is 0 Å². The molecule has 0 bridgehead atoms. The molecule has 6 amide bonds. The van der Waals surface area contributed by atoms with Gasteiger partial charge in [-0.1, -0.05) is 20.8 Å². The molecule has 0 fully saturated rings. The molecule has 2 rings (SSSR count). The Morgan fingerprint density at radius 2 is 0.981 bits per heavy atom. The molecule has 0 saturated heterocycles. The Balaban J connectivity index is -0.000000770. The first-order chi connectivity index (χ1) is 24.9. The summed E-state index contributed by atoms with van der Waals surface area (Å²) in [6.45, 7) is 11.0. The molecule has 2 aliphatic rings. The molecular formula is C34H56N6O12. The van der Waals surface area contributed by atoms with Gasteiger partial charge in [0.25, 0.3) is 23.6 Å². The number of ether oxygens (including phenoxy) is 2. The Kier molecular flexibility index (Phi) is 35.7. The van der Waals surface area contributed by atoms with Crippen molar-refractivity contribution in [1.82, 2.24) is 26.1 Å². The van der Waals surface area contributed by atoms with Crippen LogP contribution in [-0.2, 0) is 57.4 Å². The van der Waals surface area contributed by atoms with Gasteiger partial charge < -0.3 is 19.1 Å². The summed E-state index contributed by atoms with van der Waals surface area (Å²) < 4.78 is 10.4. The van der Waals surface area contributed by atoms with E-state index in [2.05, 4.69) is 10.9 Å². The molecular weight excluding hydrogens is 684 g/mol. The number of hydrogen-bond donors (Lipinski definition) is 4. The Morgan fingerprint density at radius 1 is 0.635 bits per heavy atom. The van der Waals surface area contributed by atoms with Crippen LogP contribution in [0.1, 0.15) is 86.0 Å². The van der Waals surface area contributed by atoms with E-state index >= 15 is 0 Å². The Labute approximate surface area is 305 Å². The fourth-order valence-corrected chi connectivity index (χ4v) is 3.62. The fourth-order valence-electron chi connectivity index (χ4n) is 3.62. The van der Waals surface area contributed by atoms with Crippen molar-refractivity contribution in [3.8, 4) is 0 Å². The topological polar surface area (TPSA) is 258 Å². The van der Waals surface area contributed by atoms with Gasteiger partial charge in [-0.3, -0.25) is 59.0 Å². The molecule has 52 heavy (non-hydrogen) atoms. The molecule has 0 atom stereocenters. The summed E-state index contributed by atoms with van der Waals surface area (Å²) >= 11 is 0. The second kappa shape index (κ2) is 36.0. The van der Waals surface area contributed by atoms with Crippen LogP contribution in [0.15, 0.2) is 24.3 Å². The normalized spacial score (nSPS) is 12.3. The van der Waals surface area contributed by atoms with E-state index in [0.717, 1.165) is 22.4 Å². The zero-order chi connectivity index (χ0) is 40.2. The molecule has 0 aliphatic carbocycles. The van der Waals surface area contributed by atoms with Gasteiger partial charge in [-0.2, -0.15) is 0 Å². The molecule has 0 spiro atoms. The molecule has 5 N–H and O–H groups in total. The predicted molar refractivity (Wildman–Crippen MR) is 189 cm³/mol. The lowest BCUT2D eigenvalue weighted by Gasteiger charge is -2.12. The highest BCUT2D eigenvalue weighted by Crippen LogP contribution is 2.07. The molecule has 2 heterocycles. The monoisotopic (exact) mass is 740 g/mol. The Bertz CT molecular complexity index is 1150. The first kappa shape index (κ1) is 51.6. The van der Waals surface area contributed by atoms with Crippen LogP contribution in [0.2, 0.25) is 0 Å². The van der Waals surface area contributed by atoms with E-state index in [0.29, 0.717) is 52.0 Å². The number of amides is 6. The average molecular weight is 741 g/mol. The summed E-state index contributed by atoms with van der Waals surface area (Å²) in [6, 6.07) is 0. The molecule has 0 radical (unpaired) electrons. The SMILES string of the molecule is CC.CC=O.CC=O.CCNNC(=O)CCOCCCC(=O)CCN1C(=O)C=CC1=O.NNC(=O)CCOCCCC(=O)CCN1C(=O)C=CC1=O. The summed E-state index contributed by atoms with van der Waals surface area (Å²) in [6.07, 6.45) is 8.75. The number of rotatable bonds is 22. The minimum Gasteiger partial charge on any atom is -0.381 e. The van der Waals surface area contributed by atoms with E-state index in [1.807, 2.05) is 26.2 Å². The number of carbonyl (C=O) groups is 10. The molecule has 2 aliphatic heterocycles. The fraction of sp³-hybridized carbons (Fsp3) is 0.588. The van der Waals surface area contributed by atoms with Crippen molar-refractivity contribution in [2.75, 3.05) is 46.1 Å². The minimum atomic E-state index is -0.380. The van der Waals surface area contributed by atoms with Gasteiger partial charge in [0.05, 0.1) is 26.1 Å². The minimum absolute atomic E-state index is 0.0222. The number of carbonyl (C=O) groups excluding carboxylic acids is 10. The quantitative estimate of drug-likeness (QED) is 0.0289. The van der Waals surface area contributed by atoms with E-state index in [9.17, 15) is 38.4 Å².